The largest absolute Gasteiger partial charge is 0.380 e. The Balaban J connectivity index is 1.33. The molecule has 1 saturated carbocycles. The average molecular weight is 578 g/mol. The smallest absolute Gasteiger partial charge is 0.245 e. The minimum Gasteiger partial charge on any atom is -0.380 e. The van der Waals surface area contributed by atoms with E-state index in [1.807, 2.05) is 11.1 Å². The molecule has 41 heavy (non-hydrogen) atoms. The number of piperazine rings is 1. The number of carbonyl (C=O) groups is 1. The third kappa shape index (κ3) is 4.39. The van der Waals surface area contributed by atoms with Crippen molar-refractivity contribution in [2.75, 3.05) is 50.8 Å². The molecule has 3 saturated heterocycles. The highest BCUT2D eigenvalue weighted by Crippen LogP contribution is 2.49. The highest BCUT2D eigenvalue weighted by atomic mass is 35.5. The molecule has 9 nitrogen and oxygen atoms in total. The van der Waals surface area contributed by atoms with E-state index in [4.69, 9.17) is 21.4 Å². The van der Waals surface area contributed by atoms with Gasteiger partial charge in [-0.05, 0) is 70.1 Å². The number of aromatic amines is 1. The van der Waals surface area contributed by atoms with Crippen LogP contribution in [0.15, 0.2) is 24.9 Å². The number of nitrogens with zero attached hydrogens (tertiary/aromatic N) is 6. The second kappa shape index (κ2) is 10.4. The van der Waals surface area contributed by atoms with Gasteiger partial charge in [-0.2, -0.15) is 10.2 Å². The van der Waals surface area contributed by atoms with Gasteiger partial charge in [0.1, 0.15) is 0 Å². The molecule has 4 aliphatic rings. The molecular formula is C31H40ClN7O2. The zero-order valence-electron chi connectivity index (χ0n) is 24.2. The minimum absolute atomic E-state index is 0.00775. The Bertz CT molecular complexity index is 1480. The predicted molar refractivity (Wildman–Crippen MR) is 162 cm³/mol. The van der Waals surface area contributed by atoms with Crippen LogP contribution in [0, 0.1) is 13.8 Å². The Morgan fingerprint density at radius 2 is 1.95 bits per heavy atom. The molecule has 1 aliphatic carbocycles. The first-order chi connectivity index (χ1) is 19.9. The molecule has 1 unspecified atom stereocenters. The molecule has 2 aromatic heterocycles. The average Bonchev–Trinajstić information content (AvgIpc) is 3.74. The Morgan fingerprint density at radius 1 is 1.15 bits per heavy atom. The van der Waals surface area contributed by atoms with Gasteiger partial charge in [0.25, 0.3) is 0 Å². The Hall–Kier alpha value is -2.88. The lowest BCUT2D eigenvalue weighted by Gasteiger charge is -2.57. The van der Waals surface area contributed by atoms with Gasteiger partial charge in [0.05, 0.1) is 34.9 Å². The Kier molecular flexibility index (Phi) is 6.87. The van der Waals surface area contributed by atoms with Crippen molar-refractivity contribution in [3.05, 3.63) is 41.2 Å². The van der Waals surface area contributed by atoms with Crippen molar-refractivity contribution >= 4 is 34.2 Å². The van der Waals surface area contributed by atoms with E-state index < -0.39 is 0 Å². The number of halogens is 1. The lowest BCUT2D eigenvalue weighted by Crippen LogP contribution is -2.67. The number of benzene rings is 1. The maximum Gasteiger partial charge on any atom is 0.245 e. The van der Waals surface area contributed by atoms with E-state index in [1.165, 1.54) is 25.3 Å². The van der Waals surface area contributed by atoms with Crippen LogP contribution in [-0.4, -0.2) is 93.2 Å². The SMILES string of the molecule is C=CC(=O)N1CCC(n2nc(N3CCN(C4CCOC4)CC34CCC4)c(-c3c(Cl)c(C)cc4[nH]ncc34)c2C)CC1. The summed E-state index contributed by atoms with van der Waals surface area (Å²) in [6.07, 6.45) is 9.76. The van der Waals surface area contributed by atoms with Gasteiger partial charge in [-0.25, -0.2) is 0 Å². The van der Waals surface area contributed by atoms with Crippen LogP contribution < -0.4 is 4.90 Å². The summed E-state index contributed by atoms with van der Waals surface area (Å²) in [7, 11) is 0. The van der Waals surface area contributed by atoms with Gasteiger partial charge in [0, 0.05) is 67.6 Å². The quantitative estimate of drug-likeness (QED) is 0.435. The maximum absolute atomic E-state index is 12.3. The number of piperidine rings is 1. The molecule has 1 N–H and O–H groups in total. The Labute approximate surface area is 246 Å². The number of hydrogen-bond acceptors (Lipinski definition) is 6. The van der Waals surface area contributed by atoms with E-state index in [0.717, 1.165) is 96.2 Å². The number of hydrogen-bond donors (Lipinski definition) is 1. The summed E-state index contributed by atoms with van der Waals surface area (Å²) in [4.78, 5) is 19.5. The van der Waals surface area contributed by atoms with Crippen LogP contribution in [0.4, 0.5) is 5.82 Å². The highest BCUT2D eigenvalue weighted by molar-refractivity contribution is 6.36. The third-order valence-corrected chi connectivity index (χ3v) is 10.7. The first-order valence-electron chi connectivity index (χ1n) is 15.1. The van der Waals surface area contributed by atoms with E-state index in [9.17, 15) is 4.79 Å². The molecule has 1 aromatic carbocycles. The molecule has 7 rings (SSSR count). The van der Waals surface area contributed by atoms with Gasteiger partial charge in [-0.3, -0.25) is 19.5 Å². The number of H-pyrrole nitrogens is 1. The van der Waals surface area contributed by atoms with Crippen molar-refractivity contribution < 1.29 is 9.53 Å². The van der Waals surface area contributed by atoms with Crippen LogP contribution >= 0.6 is 11.6 Å². The zero-order chi connectivity index (χ0) is 28.3. The molecule has 5 heterocycles. The van der Waals surface area contributed by atoms with Gasteiger partial charge in [0.15, 0.2) is 5.82 Å². The first-order valence-corrected chi connectivity index (χ1v) is 15.5. The lowest BCUT2D eigenvalue weighted by molar-refractivity contribution is -0.127. The maximum atomic E-state index is 12.3. The van der Waals surface area contributed by atoms with Crippen molar-refractivity contribution in [1.82, 2.24) is 29.8 Å². The number of aromatic nitrogens is 4. The van der Waals surface area contributed by atoms with Crippen LogP contribution in [-0.2, 0) is 9.53 Å². The summed E-state index contributed by atoms with van der Waals surface area (Å²) in [6, 6.07) is 2.82. The number of fused-ring (bicyclic) bond motifs is 1. The van der Waals surface area contributed by atoms with Crippen molar-refractivity contribution in [3.63, 3.8) is 0 Å². The number of anilines is 1. The topological polar surface area (TPSA) is 82.5 Å². The van der Waals surface area contributed by atoms with Crippen LogP contribution in [0.2, 0.25) is 5.02 Å². The summed E-state index contributed by atoms with van der Waals surface area (Å²) in [5.74, 6) is 1.05. The van der Waals surface area contributed by atoms with Gasteiger partial charge in [-0.1, -0.05) is 18.2 Å². The summed E-state index contributed by atoms with van der Waals surface area (Å²) in [5, 5.41) is 14.8. The standard InChI is InChI=1S/C31H40ClN7O2/c1-4-26(40)36-11-6-22(7-12-36)39-21(3)27(28-24-17-33-34-25(24)16-20(2)29(28)32)30(35-39)38-14-13-37(23-8-15-41-18-23)19-31(38)9-5-10-31/h4,16-17,22-23H,1,5-15,18-19H2,2-3H3,(H,33,34). The van der Waals surface area contributed by atoms with Crippen LogP contribution in [0.25, 0.3) is 22.0 Å². The zero-order valence-corrected chi connectivity index (χ0v) is 24.9. The lowest BCUT2D eigenvalue weighted by atomic mass is 9.73. The molecule has 1 amide bonds. The minimum atomic E-state index is 0.00775. The third-order valence-electron chi connectivity index (χ3n) is 10.2. The highest BCUT2D eigenvalue weighted by Gasteiger charge is 2.49. The normalized spacial score (nSPS) is 23.4. The monoisotopic (exact) mass is 577 g/mol. The summed E-state index contributed by atoms with van der Waals surface area (Å²) in [6.45, 7) is 14.1. The number of amides is 1. The van der Waals surface area contributed by atoms with Crippen molar-refractivity contribution in [1.29, 1.82) is 0 Å². The van der Waals surface area contributed by atoms with Crippen molar-refractivity contribution in [3.8, 4) is 11.1 Å². The molecule has 0 bridgehead atoms. The summed E-state index contributed by atoms with van der Waals surface area (Å²) >= 11 is 7.17. The fourth-order valence-corrected chi connectivity index (χ4v) is 7.97. The Morgan fingerprint density at radius 3 is 2.63 bits per heavy atom. The number of likely N-dealkylation sites (tertiary alicyclic amines) is 1. The van der Waals surface area contributed by atoms with Crippen molar-refractivity contribution in [2.24, 2.45) is 0 Å². The van der Waals surface area contributed by atoms with E-state index in [0.29, 0.717) is 19.1 Å². The molecule has 4 fully saturated rings. The van der Waals surface area contributed by atoms with Crippen LogP contribution in [0.1, 0.15) is 55.8 Å². The van der Waals surface area contributed by atoms with Crippen LogP contribution in [0.3, 0.4) is 0 Å². The number of aryl methyl sites for hydroxylation is 1. The number of nitrogens with one attached hydrogen (secondary N) is 1. The van der Waals surface area contributed by atoms with Gasteiger partial charge in [0.2, 0.25) is 5.91 Å². The second-order valence-corrected chi connectivity index (χ2v) is 12.8. The van der Waals surface area contributed by atoms with Gasteiger partial charge in [-0.15, -0.1) is 0 Å². The van der Waals surface area contributed by atoms with Gasteiger partial charge < -0.3 is 14.5 Å². The molecular weight excluding hydrogens is 538 g/mol. The van der Waals surface area contributed by atoms with Crippen molar-refractivity contribution in [2.45, 2.75) is 70.0 Å². The second-order valence-electron chi connectivity index (χ2n) is 12.4. The van der Waals surface area contributed by atoms with E-state index in [1.54, 1.807) is 0 Å². The summed E-state index contributed by atoms with van der Waals surface area (Å²) < 4.78 is 8.01. The molecule has 1 atom stereocenters. The van der Waals surface area contributed by atoms with E-state index in [-0.39, 0.29) is 17.5 Å². The van der Waals surface area contributed by atoms with Gasteiger partial charge >= 0.3 is 0 Å². The molecule has 1 spiro atoms. The molecule has 218 valence electrons. The molecule has 3 aliphatic heterocycles. The fourth-order valence-electron chi connectivity index (χ4n) is 7.72. The summed E-state index contributed by atoms with van der Waals surface area (Å²) in [5.41, 5.74) is 5.36. The van der Waals surface area contributed by atoms with E-state index >= 15 is 0 Å². The van der Waals surface area contributed by atoms with Crippen LogP contribution in [0.5, 0.6) is 0 Å². The predicted octanol–water partition coefficient (Wildman–Crippen LogP) is 4.88. The molecule has 3 aromatic rings. The number of carbonyl (C=O) groups excluding carboxylic acids is 1. The number of rotatable bonds is 5. The molecule has 0 radical (unpaired) electrons. The first kappa shape index (κ1) is 27.0. The van der Waals surface area contributed by atoms with E-state index in [2.05, 4.69) is 51.2 Å². The molecule has 10 heteroatoms. The fraction of sp³-hybridized carbons (Fsp3) is 0.581. The number of ether oxygens (including phenoxy) is 1.